The second-order valence-corrected chi connectivity index (χ2v) is 15.2. The molecule has 0 saturated heterocycles. The molecule has 0 bridgehead atoms. The van der Waals surface area contributed by atoms with Gasteiger partial charge >= 0.3 is 0 Å². The van der Waals surface area contributed by atoms with Gasteiger partial charge in [-0.15, -0.1) is 0 Å². The highest BCUT2D eigenvalue weighted by Crippen LogP contribution is 2.50. The highest BCUT2D eigenvalue weighted by Gasteiger charge is 2.31. The molecular weight excluding hydrogens is 663 g/mol. The van der Waals surface area contributed by atoms with Crippen LogP contribution in [0.1, 0.15) is 33.7 Å². The second-order valence-electron chi connectivity index (χ2n) is 15.2. The Kier molecular flexibility index (Phi) is 6.53. The van der Waals surface area contributed by atoms with Crippen LogP contribution in [0.15, 0.2) is 194 Å². The zero-order valence-corrected chi connectivity index (χ0v) is 30.2. The Morgan fingerprint density at radius 3 is 2.05 bits per heavy atom. The van der Waals surface area contributed by atoms with Crippen molar-refractivity contribution in [2.45, 2.75) is 12.3 Å². The van der Waals surface area contributed by atoms with Crippen LogP contribution < -0.4 is 0 Å². The molecule has 1 heteroatoms. The second kappa shape index (κ2) is 11.8. The molecule has 0 spiro atoms. The van der Waals surface area contributed by atoms with E-state index < -0.39 is 0 Å². The van der Waals surface area contributed by atoms with Gasteiger partial charge in [0.15, 0.2) is 0 Å². The first-order valence-electron chi connectivity index (χ1n) is 19.3. The summed E-state index contributed by atoms with van der Waals surface area (Å²) in [5.41, 5.74) is 21.0. The molecule has 0 radical (unpaired) electrons. The molecule has 1 heterocycles. The SMILES string of the molecule is c1ccc(-c2cccc(C3c4ccccc4-c4cc(-c5ccc6c(c5)c5ccc7c(c5n6-c5cccc6ccccc56)-c5ccccc5C7)ccc43)c2)cc1. The lowest BCUT2D eigenvalue weighted by Crippen LogP contribution is -1.99. The largest absolute Gasteiger partial charge is 0.308 e. The van der Waals surface area contributed by atoms with Crippen LogP contribution in [0.4, 0.5) is 0 Å². The summed E-state index contributed by atoms with van der Waals surface area (Å²) in [6, 6.07) is 72.4. The first kappa shape index (κ1) is 30.5. The standard InChI is InChI=1S/C54H35N/c1-2-12-34(13-3-1)36-17-10-18-40(30-36)52-45-22-9-8-21-44(45)48-32-37(24-27-46(48)52)38-26-29-51-49(33-38)47-28-25-41-31-39-15-5-7-20-43(39)53(41)54(47)55(51)50-23-11-16-35-14-4-6-19-42(35)50/h1-30,32-33,52H,31H2. The van der Waals surface area contributed by atoms with Gasteiger partial charge in [-0.05, 0) is 103 Å². The maximum Gasteiger partial charge on any atom is 0.0622 e. The number of nitrogens with zero attached hydrogens (tertiary/aromatic N) is 1. The van der Waals surface area contributed by atoms with Crippen LogP contribution in [-0.2, 0) is 6.42 Å². The van der Waals surface area contributed by atoms with Crippen molar-refractivity contribution in [3.05, 3.63) is 222 Å². The number of hydrogen-bond acceptors (Lipinski definition) is 0. The minimum absolute atomic E-state index is 0.190. The van der Waals surface area contributed by atoms with Crippen LogP contribution in [0, 0.1) is 0 Å². The Bertz CT molecular complexity index is 3170. The van der Waals surface area contributed by atoms with Gasteiger partial charge in [0.1, 0.15) is 0 Å². The van der Waals surface area contributed by atoms with Crippen molar-refractivity contribution in [3.8, 4) is 50.2 Å². The topological polar surface area (TPSA) is 4.93 Å². The highest BCUT2D eigenvalue weighted by molar-refractivity contribution is 6.17. The predicted octanol–water partition coefficient (Wildman–Crippen LogP) is 14.0. The van der Waals surface area contributed by atoms with Crippen molar-refractivity contribution in [2.75, 3.05) is 0 Å². The van der Waals surface area contributed by atoms with E-state index in [9.17, 15) is 0 Å². The van der Waals surface area contributed by atoms with Crippen LogP contribution in [-0.4, -0.2) is 4.57 Å². The molecule has 0 fully saturated rings. The summed E-state index contributed by atoms with van der Waals surface area (Å²) in [4.78, 5) is 0. The third-order valence-corrected chi connectivity index (χ3v) is 12.3. The molecular formula is C54H35N. The molecule has 1 nitrogen and oxygen atoms in total. The molecule has 0 N–H and O–H groups in total. The molecule has 1 unspecified atom stereocenters. The van der Waals surface area contributed by atoms with Crippen LogP contribution in [0.3, 0.4) is 0 Å². The summed E-state index contributed by atoms with van der Waals surface area (Å²) >= 11 is 0. The van der Waals surface area contributed by atoms with Crippen LogP contribution >= 0.6 is 0 Å². The number of fused-ring (bicyclic) bond motifs is 11. The molecule has 256 valence electrons. The first-order chi connectivity index (χ1) is 27.3. The fraction of sp³-hybridized carbons (Fsp3) is 0.0370. The van der Waals surface area contributed by atoms with E-state index in [4.69, 9.17) is 0 Å². The maximum atomic E-state index is 2.55. The predicted molar refractivity (Wildman–Crippen MR) is 230 cm³/mol. The summed E-state index contributed by atoms with van der Waals surface area (Å²) in [7, 11) is 0. The average molecular weight is 698 g/mol. The Morgan fingerprint density at radius 1 is 0.400 bits per heavy atom. The summed E-state index contributed by atoms with van der Waals surface area (Å²) in [5, 5.41) is 5.09. The number of rotatable bonds is 4. The number of aromatic nitrogens is 1. The quantitative estimate of drug-likeness (QED) is 0.173. The van der Waals surface area contributed by atoms with E-state index in [0.29, 0.717) is 0 Å². The van der Waals surface area contributed by atoms with Gasteiger partial charge < -0.3 is 4.57 Å². The molecule has 0 saturated carbocycles. The van der Waals surface area contributed by atoms with Crippen molar-refractivity contribution >= 4 is 32.6 Å². The van der Waals surface area contributed by atoms with E-state index in [0.717, 1.165) is 6.42 Å². The van der Waals surface area contributed by atoms with Crippen molar-refractivity contribution < 1.29 is 0 Å². The van der Waals surface area contributed by atoms with E-state index in [1.165, 1.54) is 111 Å². The lowest BCUT2D eigenvalue weighted by molar-refractivity contribution is 1.02. The van der Waals surface area contributed by atoms with Gasteiger partial charge in [0.05, 0.1) is 16.7 Å². The Morgan fingerprint density at radius 2 is 1.11 bits per heavy atom. The smallest absolute Gasteiger partial charge is 0.0622 e. The molecule has 0 amide bonds. The normalized spacial score (nSPS) is 13.9. The van der Waals surface area contributed by atoms with E-state index >= 15 is 0 Å². The molecule has 55 heavy (non-hydrogen) atoms. The van der Waals surface area contributed by atoms with Gasteiger partial charge in [-0.3, -0.25) is 0 Å². The van der Waals surface area contributed by atoms with E-state index in [1.54, 1.807) is 0 Å². The van der Waals surface area contributed by atoms with Gasteiger partial charge in [-0.2, -0.15) is 0 Å². The lowest BCUT2D eigenvalue weighted by Gasteiger charge is -2.16. The number of benzene rings is 9. The lowest BCUT2D eigenvalue weighted by atomic mass is 9.87. The fourth-order valence-corrected chi connectivity index (χ4v) is 9.82. The van der Waals surface area contributed by atoms with Gasteiger partial charge in [-0.25, -0.2) is 0 Å². The number of hydrogen-bond donors (Lipinski definition) is 0. The summed E-state index contributed by atoms with van der Waals surface area (Å²) in [6.45, 7) is 0. The molecule has 0 aliphatic heterocycles. The molecule has 12 rings (SSSR count). The average Bonchev–Trinajstić information content (AvgIpc) is 3.91. The van der Waals surface area contributed by atoms with Gasteiger partial charge in [0.2, 0.25) is 0 Å². The van der Waals surface area contributed by atoms with Crippen LogP contribution in [0.25, 0.3) is 82.8 Å². The summed E-state index contributed by atoms with van der Waals surface area (Å²) in [5.74, 6) is 0.190. The minimum atomic E-state index is 0.190. The Balaban J connectivity index is 1.05. The van der Waals surface area contributed by atoms with Gasteiger partial charge in [0, 0.05) is 27.6 Å². The van der Waals surface area contributed by atoms with E-state index in [-0.39, 0.29) is 5.92 Å². The molecule has 1 atom stereocenters. The van der Waals surface area contributed by atoms with Crippen molar-refractivity contribution in [3.63, 3.8) is 0 Å². The molecule has 2 aliphatic rings. The highest BCUT2D eigenvalue weighted by atomic mass is 15.0. The summed E-state index contributed by atoms with van der Waals surface area (Å²) < 4.78 is 2.55. The van der Waals surface area contributed by atoms with Crippen molar-refractivity contribution in [1.82, 2.24) is 4.57 Å². The Hall–Kier alpha value is -6.96. The third kappa shape index (κ3) is 4.54. The molecule has 2 aliphatic carbocycles. The third-order valence-electron chi connectivity index (χ3n) is 12.3. The minimum Gasteiger partial charge on any atom is -0.308 e. The zero-order chi connectivity index (χ0) is 36.0. The van der Waals surface area contributed by atoms with Crippen molar-refractivity contribution in [1.29, 1.82) is 0 Å². The van der Waals surface area contributed by atoms with Gasteiger partial charge in [0.25, 0.3) is 0 Å². The van der Waals surface area contributed by atoms with Crippen LogP contribution in [0.5, 0.6) is 0 Å². The fourth-order valence-electron chi connectivity index (χ4n) is 9.82. The first-order valence-corrected chi connectivity index (χ1v) is 19.3. The Labute approximate surface area is 320 Å². The van der Waals surface area contributed by atoms with Crippen LogP contribution in [0.2, 0.25) is 0 Å². The maximum absolute atomic E-state index is 2.55. The van der Waals surface area contributed by atoms with E-state index in [1.807, 2.05) is 0 Å². The molecule has 10 aromatic rings. The van der Waals surface area contributed by atoms with Gasteiger partial charge in [-0.1, -0.05) is 170 Å². The monoisotopic (exact) mass is 697 g/mol. The van der Waals surface area contributed by atoms with Crippen molar-refractivity contribution in [2.24, 2.45) is 0 Å². The molecule has 1 aromatic heterocycles. The molecule has 9 aromatic carbocycles. The van der Waals surface area contributed by atoms with E-state index in [2.05, 4.69) is 199 Å². The summed E-state index contributed by atoms with van der Waals surface area (Å²) in [6.07, 6.45) is 0.970. The zero-order valence-electron chi connectivity index (χ0n) is 30.2.